The second kappa shape index (κ2) is 3.51. The molecule has 4 N–H and O–H groups in total. The topological polar surface area (TPSA) is 62.4 Å². The average molecular weight is 118 g/mol. The molecule has 4 nitrogen and oxygen atoms in total. The van der Waals surface area contributed by atoms with Crippen LogP contribution >= 0.6 is 12.2 Å². The van der Waals surface area contributed by atoms with Gasteiger partial charge in [-0.2, -0.15) is 5.10 Å². The van der Waals surface area contributed by atoms with Gasteiger partial charge in [0.1, 0.15) is 0 Å². The van der Waals surface area contributed by atoms with Gasteiger partial charge in [-0.1, -0.05) is 0 Å². The molecule has 0 aliphatic rings. The Labute approximate surface area is 46.7 Å². The zero-order valence-corrected chi connectivity index (χ0v) is 4.46. The van der Waals surface area contributed by atoms with E-state index in [9.17, 15) is 0 Å². The Balaban J connectivity index is 3.17. The summed E-state index contributed by atoms with van der Waals surface area (Å²) < 4.78 is 0. The van der Waals surface area contributed by atoms with Crippen molar-refractivity contribution in [1.82, 2.24) is 10.9 Å². The molecule has 0 bridgehead atoms. The quantitative estimate of drug-likeness (QED) is 0.178. The van der Waals surface area contributed by atoms with Crippen molar-refractivity contribution in [1.29, 1.82) is 0 Å². The predicted molar refractivity (Wildman–Crippen MR) is 32.6 cm³/mol. The number of hydrogen-bond acceptors (Lipinski definition) is 3. The molecule has 0 aliphatic carbocycles. The lowest BCUT2D eigenvalue weighted by atomic mass is 11.2. The first-order valence-corrected chi connectivity index (χ1v) is 1.94. The number of thiocarbonyl (C=S) groups is 1. The molecule has 0 unspecified atom stereocenters. The Morgan fingerprint density at radius 3 is 2.57 bits per heavy atom. The number of hydrazone groups is 1. The Hall–Kier alpha value is -0.680. The number of rotatable bonds is 1. The second-order valence-corrected chi connectivity index (χ2v) is 1.15. The molecular formula is C2H6N4S. The summed E-state index contributed by atoms with van der Waals surface area (Å²) >= 11 is 4.47. The lowest BCUT2D eigenvalue weighted by Crippen LogP contribution is -2.36. The molecule has 0 saturated heterocycles. The fraction of sp³-hybridized carbons (Fsp3) is 0. The van der Waals surface area contributed by atoms with Gasteiger partial charge in [0.2, 0.25) is 5.11 Å². The van der Waals surface area contributed by atoms with Crippen LogP contribution in [-0.2, 0) is 0 Å². The molecule has 0 atom stereocenters. The summed E-state index contributed by atoms with van der Waals surface area (Å²) in [7, 11) is 0. The number of nitrogens with zero attached hydrogens (tertiary/aromatic N) is 1. The molecule has 0 aliphatic heterocycles. The average Bonchev–Trinajstić information content (AvgIpc) is 1.68. The predicted octanol–water partition coefficient (Wildman–Crippen LogP) is -1.06. The summed E-state index contributed by atoms with van der Waals surface area (Å²) in [4.78, 5) is 0. The number of hydrogen-bond donors (Lipinski definition) is 3. The van der Waals surface area contributed by atoms with Gasteiger partial charge in [-0.15, -0.1) is 0 Å². The highest BCUT2D eigenvalue weighted by Gasteiger charge is 1.79. The van der Waals surface area contributed by atoms with Crippen LogP contribution in [0.2, 0.25) is 0 Å². The first-order valence-electron chi connectivity index (χ1n) is 1.53. The molecular weight excluding hydrogens is 112 g/mol. The molecule has 0 heterocycles. The number of hydrazine groups is 1. The van der Waals surface area contributed by atoms with Gasteiger partial charge >= 0.3 is 0 Å². The van der Waals surface area contributed by atoms with E-state index < -0.39 is 0 Å². The Morgan fingerprint density at radius 2 is 2.43 bits per heavy atom. The Morgan fingerprint density at radius 1 is 1.86 bits per heavy atom. The fourth-order valence-electron chi connectivity index (χ4n) is 0.104. The summed E-state index contributed by atoms with van der Waals surface area (Å²) in [5, 5.41) is 3.48. The summed E-state index contributed by atoms with van der Waals surface area (Å²) in [5.74, 6) is 4.82. The molecule has 0 fully saturated rings. The number of nitrogens with one attached hydrogen (secondary N) is 2. The monoisotopic (exact) mass is 118 g/mol. The molecule has 40 valence electrons. The van der Waals surface area contributed by atoms with E-state index in [1.807, 2.05) is 0 Å². The van der Waals surface area contributed by atoms with E-state index in [1.54, 1.807) is 0 Å². The standard InChI is InChI=1S/C2H6N4S/c1-4-6-2(7)5-3/h1,3H2,(H2,5,6,7). The van der Waals surface area contributed by atoms with Crippen LogP contribution in [0.5, 0.6) is 0 Å². The van der Waals surface area contributed by atoms with E-state index in [1.165, 1.54) is 0 Å². The highest BCUT2D eigenvalue weighted by atomic mass is 32.1. The zero-order valence-electron chi connectivity index (χ0n) is 3.64. The molecule has 0 saturated carbocycles. The molecule has 0 spiro atoms. The third-order valence-corrected chi connectivity index (χ3v) is 0.521. The third-order valence-electron chi connectivity index (χ3n) is 0.312. The van der Waals surface area contributed by atoms with Gasteiger partial charge < -0.3 is 0 Å². The minimum atomic E-state index is 0.259. The van der Waals surface area contributed by atoms with E-state index in [0.29, 0.717) is 0 Å². The van der Waals surface area contributed by atoms with Crippen LogP contribution in [-0.4, -0.2) is 11.8 Å². The van der Waals surface area contributed by atoms with E-state index in [-0.39, 0.29) is 5.11 Å². The molecule has 5 heteroatoms. The smallest absolute Gasteiger partial charge is 0.201 e. The van der Waals surface area contributed by atoms with Gasteiger partial charge in [0.25, 0.3) is 0 Å². The minimum Gasteiger partial charge on any atom is -0.300 e. The van der Waals surface area contributed by atoms with Gasteiger partial charge in [0, 0.05) is 6.72 Å². The fourth-order valence-corrected chi connectivity index (χ4v) is 0.169. The molecule has 0 aromatic rings. The molecule has 0 amide bonds. The first kappa shape index (κ1) is 6.32. The lowest BCUT2D eigenvalue weighted by Gasteiger charge is -1.95. The minimum absolute atomic E-state index is 0.259. The van der Waals surface area contributed by atoms with E-state index in [4.69, 9.17) is 5.84 Å². The van der Waals surface area contributed by atoms with Crippen LogP contribution in [0.15, 0.2) is 5.10 Å². The van der Waals surface area contributed by atoms with Gasteiger partial charge in [-0.3, -0.25) is 10.9 Å². The van der Waals surface area contributed by atoms with Crippen molar-refractivity contribution in [2.24, 2.45) is 10.9 Å². The van der Waals surface area contributed by atoms with Crippen molar-refractivity contribution in [3.05, 3.63) is 0 Å². The number of nitrogens with two attached hydrogens (primary N) is 1. The van der Waals surface area contributed by atoms with Crippen LogP contribution in [0.3, 0.4) is 0 Å². The molecule has 0 aromatic carbocycles. The van der Waals surface area contributed by atoms with Crippen molar-refractivity contribution in [2.45, 2.75) is 0 Å². The normalized spacial score (nSPS) is 7.00. The van der Waals surface area contributed by atoms with Crippen molar-refractivity contribution < 1.29 is 0 Å². The van der Waals surface area contributed by atoms with Crippen LogP contribution < -0.4 is 16.7 Å². The van der Waals surface area contributed by atoms with Gasteiger partial charge in [-0.05, 0) is 12.2 Å². The maximum atomic E-state index is 4.82. The maximum Gasteiger partial charge on any atom is 0.201 e. The van der Waals surface area contributed by atoms with Gasteiger partial charge in [-0.25, -0.2) is 5.84 Å². The second-order valence-electron chi connectivity index (χ2n) is 0.743. The summed E-state index contributed by atoms with van der Waals surface area (Å²) in [6.07, 6.45) is 0. The molecule has 0 radical (unpaired) electrons. The van der Waals surface area contributed by atoms with E-state index in [2.05, 4.69) is 34.9 Å². The van der Waals surface area contributed by atoms with Crippen molar-refractivity contribution >= 4 is 24.0 Å². The van der Waals surface area contributed by atoms with Crippen LogP contribution in [0.1, 0.15) is 0 Å². The molecule has 0 rings (SSSR count). The first-order chi connectivity index (χ1) is 3.31. The largest absolute Gasteiger partial charge is 0.300 e. The highest BCUT2D eigenvalue weighted by Crippen LogP contribution is 1.55. The van der Waals surface area contributed by atoms with Crippen LogP contribution in [0, 0.1) is 0 Å². The summed E-state index contributed by atoms with van der Waals surface area (Å²) in [5.41, 5.74) is 4.46. The van der Waals surface area contributed by atoms with E-state index in [0.717, 1.165) is 0 Å². The zero-order chi connectivity index (χ0) is 5.70. The van der Waals surface area contributed by atoms with Crippen molar-refractivity contribution in [2.75, 3.05) is 0 Å². The van der Waals surface area contributed by atoms with Crippen molar-refractivity contribution in [3.63, 3.8) is 0 Å². The summed E-state index contributed by atoms with van der Waals surface area (Å²) in [6.45, 7) is 3.10. The SMILES string of the molecule is C=NNC(=S)NN. The highest BCUT2D eigenvalue weighted by molar-refractivity contribution is 7.80. The van der Waals surface area contributed by atoms with Crippen LogP contribution in [0.25, 0.3) is 0 Å². The third kappa shape index (κ3) is 3.14. The van der Waals surface area contributed by atoms with Crippen LogP contribution in [0.4, 0.5) is 0 Å². The Bertz CT molecular complexity index is 79.8. The van der Waals surface area contributed by atoms with Gasteiger partial charge in [0.15, 0.2) is 0 Å². The van der Waals surface area contributed by atoms with E-state index >= 15 is 0 Å². The Kier molecular flexibility index (Phi) is 3.17. The van der Waals surface area contributed by atoms with Gasteiger partial charge in [0.05, 0.1) is 0 Å². The molecule has 7 heavy (non-hydrogen) atoms. The summed E-state index contributed by atoms with van der Waals surface area (Å²) in [6, 6.07) is 0. The maximum absolute atomic E-state index is 4.82. The lowest BCUT2D eigenvalue weighted by molar-refractivity contribution is 0.933. The van der Waals surface area contributed by atoms with Crippen molar-refractivity contribution in [3.8, 4) is 0 Å². The molecule has 0 aromatic heterocycles.